The maximum atomic E-state index is 13.3. The Balaban J connectivity index is 1.73. The van der Waals surface area contributed by atoms with Gasteiger partial charge in [-0.1, -0.05) is 0 Å². The van der Waals surface area contributed by atoms with Crippen molar-refractivity contribution < 1.29 is 23.2 Å². The van der Waals surface area contributed by atoms with Crippen molar-refractivity contribution in [2.24, 2.45) is 0 Å². The lowest BCUT2D eigenvalue weighted by atomic mass is 9.80. The predicted octanol–water partition coefficient (Wildman–Crippen LogP) is 1.92. The second kappa shape index (κ2) is 5.83. The molecule has 1 saturated heterocycles. The Bertz CT molecular complexity index is 700. The zero-order valence-electron chi connectivity index (χ0n) is 12.4. The van der Waals surface area contributed by atoms with E-state index in [1.165, 1.54) is 12.1 Å². The van der Waals surface area contributed by atoms with Crippen molar-refractivity contribution in [2.45, 2.75) is 37.1 Å². The van der Waals surface area contributed by atoms with Gasteiger partial charge in [-0.2, -0.15) is 0 Å². The number of nitrogens with one attached hydrogen (secondary N) is 1. The predicted molar refractivity (Wildman–Crippen MR) is 80.5 cm³/mol. The highest BCUT2D eigenvalue weighted by Crippen LogP contribution is 2.41. The minimum Gasteiger partial charge on any atom is -0.323 e. The maximum absolute atomic E-state index is 13.3. The Morgan fingerprint density at radius 1 is 1.21 bits per heavy atom. The Kier molecular flexibility index (Phi) is 4.10. The van der Waals surface area contributed by atoms with Crippen LogP contribution in [0.5, 0.6) is 0 Å². The van der Waals surface area contributed by atoms with Crippen LogP contribution in [0.15, 0.2) is 16.7 Å². The van der Waals surface area contributed by atoms with Gasteiger partial charge in [0.2, 0.25) is 11.7 Å². The van der Waals surface area contributed by atoms with Crippen LogP contribution >= 0.6 is 15.9 Å². The number of hydrogen-bond donors (Lipinski definition) is 1. The van der Waals surface area contributed by atoms with E-state index in [0.717, 1.165) is 4.90 Å². The quantitative estimate of drug-likeness (QED) is 0.615. The first-order valence-electron chi connectivity index (χ1n) is 7.27. The van der Waals surface area contributed by atoms with E-state index < -0.39 is 48.6 Å². The van der Waals surface area contributed by atoms with Gasteiger partial charge in [0.25, 0.3) is 5.91 Å². The van der Waals surface area contributed by atoms with E-state index in [4.69, 9.17) is 0 Å². The molecule has 128 valence electrons. The number of carbonyl (C=O) groups is 3. The fourth-order valence-electron chi connectivity index (χ4n) is 2.89. The number of amides is 3. The highest BCUT2D eigenvalue weighted by Gasteiger charge is 2.55. The van der Waals surface area contributed by atoms with Crippen LogP contribution in [0, 0.1) is 0 Å². The molecule has 1 spiro atoms. The summed E-state index contributed by atoms with van der Waals surface area (Å²) < 4.78 is 27.1. The molecular formula is C14H13BrF2N4O3. The monoisotopic (exact) mass is 402 g/mol. The number of Topliss-reactive ketones (excluding diaryl/α,β-unsaturated/α-hetero) is 1. The summed E-state index contributed by atoms with van der Waals surface area (Å²) in [5.41, 5.74) is -1.32. The zero-order chi connectivity index (χ0) is 17.5. The molecule has 10 heteroatoms. The van der Waals surface area contributed by atoms with E-state index in [0.29, 0.717) is 4.60 Å². The lowest BCUT2D eigenvalue weighted by Gasteiger charge is -2.34. The van der Waals surface area contributed by atoms with Gasteiger partial charge in [-0.05, 0) is 40.9 Å². The Labute approximate surface area is 143 Å². The van der Waals surface area contributed by atoms with Gasteiger partial charge in [0, 0.05) is 12.8 Å². The molecule has 1 saturated carbocycles. The van der Waals surface area contributed by atoms with Crippen molar-refractivity contribution >= 4 is 33.7 Å². The molecule has 1 N–H and O–H groups in total. The smallest absolute Gasteiger partial charge is 0.323 e. The van der Waals surface area contributed by atoms with Gasteiger partial charge < -0.3 is 5.32 Å². The summed E-state index contributed by atoms with van der Waals surface area (Å²) >= 11 is 3.08. The molecule has 3 amide bonds. The largest absolute Gasteiger partial charge is 0.325 e. The third kappa shape index (κ3) is 3.02. The molecule has 1 aromatic heterocycles. The van der Waals surface area contributed by atoms with Crippen LogP contribution in [0.3, 0.4) is 0 Å². The van der Waals surface area contributed by atoms with E-state index in [1.807, 2.05) is 0 Å². The molecule has 2 fully saturated rings. The number of aromatic nitrogens is 2. The number of carbonyl (C=O) groups excluding carboxylic acids is 3. The molecule has 24 heavy (non-hydrogen) atoms. The number of nitrogens with zero attached hydrogens (tertiary/aromatic N) is 3. The van der Waals surface area contributed by atoms with E-state index in [1.54, 1.807) is 0 Å². The molecule has 0 aromatic carbocycles. The van der Waals surface area contributed by atoms with E-state index in [-0.39, 0.29) is 18.5 Å². The highest BCUT2D eigenvalue weighted by atomic mass is 79.9. The normalized spacial score (nSPS) is 21.9. The second-order valence-corrected chi connectivity index (χ2v) is 6.74. The SMILES string of the molecule is O=C(CN1C(=O)NC2(CCC(F)(F)CC2)C1=O)c1ccc(Br)nn1. The molecule has 0 radical (unpaired) electrons. The van der Waals surface area contributed by atoms with Gasteiger partial charge in [-0.25, -0.2) is 13.6 Å². The van der Waals surface area contributed by atoms with Gasteiger partial charge in [0.05, 0.1) is 6.54 Å². The number of imide groups is 1. The molecule has 1 aromatic rings. The molecule has 1 aliphatic heterocycles. The second-order valence-electron chi connectivity index (χ2n) is 5.92. The first kappa shape index (κ1) is 16.9. The van der Waals surface area contributed by atoms with Crippen LogP contribution in [-0.2, 0) is 4.79 Å². The number of urea groups is 1. The van der Waals surface area contributed by atoms with E-state index >= 15 is 0 Å². The average molecular weight is 403 g/mol. The first-order valence-corrected chi connectivity index (χ1v) is 8.06. The van der Waals surface area contributed by atoms with Gasteiger partial charge in [-0.3, -0.25) is 14.5 Å². The number of alkyl halides is 2. The zero-order valence-corrected chi connectivity index (χ0v) is 14.0. The molecular weight excluding hydrogens is 390 g/mol. The third-order valence-electron chi connectivity index (χ3n) is 4.30. The van der Waals surface area contributed by atoms with Crippen LogP contribution < -0.4 is 5.32 Å². The van der Waals surface area contributed by atoms with Gasteiger partial charge in [0.15, 0.2) is 0 Å². The van der Waals surface area contributed by atoms with Crippen molar-refractivity contribution in [1.29, 1.82) is 0 Å². The van der Waals surface area contributed by atoms with Crippen LogP contribution in [0.2, 0.25) is 0 Å². The lowest BCUT2D eigenvalue weighted by Crippen LogP contribution is -2.51. The van der Waals surface area contributed by atoms with E-state index in [2.05, 4.69) is 31.4 Å². The summed E-state index contributed by atoms with van der Waals surface area (Å²) in [6.07, 6.45) is -1.24. The van der Waals surface area contributed by atoms with Gasteiger partial charge in [0.1, 0.15) is 15.8 Å². The van der Waals surface area contributed by atoms with Crippen molar-refractivity contribution in [3.05, 3.63) is 22.4 Å². The molecule has 0 atom stereocenters. The molecule has 2 aliphatic rings. The van der Waals surface area contributed by atoms with Crippen molar-refractivity contribution in [3.63, 3.8) is 0 Å². The number of ketones is 1. The standard InChI is InChI=1S/C14H13BrF2N4O3/c15-10-2-1-8(19-20-10)9(22)7-21-11(23)13(18-12(21)24)3-5-14(16,17)6-4-13/h1-2H,3-7H2,(H,18,24). The highest BCUT2D eigenvalue weighted by molar-refractivity contribution is 9.10. The van der Waals surface area contributed by atoms with Gasteiger partial charge in [-0.15, -0.1) is 10.2 Å². The fraction of sp³-hybridized carbons (Fsp3) is 0.500. The van der Waals surface area contributed by atoms with Crippen LogP contribution in [0.4, 0.5) is 13.6 Å². The van der Waals surface area contributed by atoms with E-state index in [9.17, 15) is 23.2 Å². The molecule has 2 heterocycles. The number of hydrogen-bond acceptors (Lipinski definition) is 5. The minimum absolute atomic E-state index is 0.00919. The van der Waals surface area contributed by atoms with Crippen molar-refractivity contribution in [2.75, 3.05) is 6.54 Å². The van der Waals surface area contributed by atoms with Crippen molar-refractivity contribution in [1.82, 2.24) is 20.4 Å². The summed E-state index contributed by atoms with van der Waals surface area (Å²) in [6.45, 7) is -0.501. The Morgan fingerprint density at radius 3 is 2.46 bits per heavy atom. The fourth-order valence-corrected chi connectivity index (χ4v) is 3.10. The number of rotatable bonds is 3. The summed E-state index contributed by atoms with van der Waals surface area (Å²) in [5, 5.41) is 9.83. The Hall–Kier alpha value is -1.97. The maximum Gasteiger partial charge on any atom is 0.325 e. The third-order valence-corrected chi connectivity index (χ3v) is 4.72. The molecule has 7 nitrogen and oxygen atoms in total. The van der Waals surface area contributed by atoms with Crippen LogP contribution in [0.25, 0.3) is 0 Å². The number of halogens is 3. The average Bonchev–Trinajstić information content (AvgIpc) is 2.76. The first-order chi connectivity index (χ1) is 11.2. The molecule has 3 rings (SSSR count). The Morgan fingerprint density at radius 2 is 1.88 bits per heavy atom. The lowest BCUT2D eigenvalue weighted by molar-refractivity contribution is -0.135. The molecule has 0 unspecified atom stereocenters. The topological polar surface area (TPSA) is 92.3 Å². The summed E-state index contributed by atoms with van der Waals surface area (Å²) in [5.74, 6) is -4.02. The summed E-state index contributed by atoms with van der Waals surface area (Å²) in [7, 11) is 0. The van der Waals surface area contributed by atoms with Gasteiger partial charge >= 0.3 is 6.03 Å². The van der Waals surface area contributed by atoms with Crippen LogP contribution in [-0.4, -0.2) is 50.8 Å². The van der Waals surface area contributed by atoms with Crippen molar-refractivity contribution in [3.8, 4) is 0 Å². The molecule has 0 bridgehead atoms. The summed E-state index contributed by atoms with van der Waals surface area (Å²) in [4.78, 5) is 37.5. The minimum atomic E-state index is -2.83. The molecule has 1 aliphatic carbocycles. The summed E-state index contributed by atoms with van der Waals surface area (Å²) in [6, 6.07) is 2.18. The van der Waals surface area contributed by atoms with Crippen LogP contribution in [0.1, 0.15) is 36.2 Å².